The molecule has 0 spiro atoms. The Morgan fingerprint density at radius 1 is 0.912 bits per heavy atom. The van der Waals surface area contributed by atoms with Crippen molar-refractivity contribution in [1.82, 2.24) is 24.4 Å². The molecule has 1 aliphatic rings. The van der Waals surface area contributed by atoms with Gasteiger partial charge in [0.1, 0.15) is 12.1 Å². The highest BCUT2D eigenvalue weighted by molar-refractivity contribution is 5.85. The number of hydrogen-bond acceptors (Lipinski definition) is 8. The van der Waals surface area contributed by atoms with E-state index in [-0.39, 0.29) is 5.75 Å². The SMILES string of the molecule is Oc1ccc(CCNc2nc(NCCN3CCOCC3)nc3c2ncn3-c2ccccc2)cc1. The predicted octanol–water partition coefficient (Wildman–Crippen LogP) is 2.92. The molecule has 0 amide bonds. The quantitative estimate of drug-likeness (QED) is 0.351. The van der Waals surface area contributed by atoms with Gasteiger partial charge in [-0.1, -0.05) is 30.3 Å². The van der Waals surface area contributed by atoms with Crippen molar-refractivity contribution in [3.05, 3.63) is 66.5 Å². The number of nitrogens with zero attached hydrogens (tertiary/aromatic N) is 5. The molecule has 1 fully saturated rings. The van der Waals surface area contributed by atoms with Gasteiger partial charge < -0.3 is 20.5 Å². The lowest BCUT2D eigenvalue weighted by molar-refractivity contribution is 0.0398. The third kappa shape index (κ3) is 5.27. The second-order valence-electron chi connectivity index (χ2n) is 8.24. The van der Waals surface area contributed by atoms with Crippen LogP contribution in [-0.2, 0) is 11.2 Å². The summed E-state index contributed by atoms with van der Waals surface area (Å²) in [6, 6.07) is 17.3. The molecule has 4 aromatic rings. The predicted molar refractivity (Wildman–Crippen MR) is 133 cm³/mol. The molecule has 0 atom stereocenters. The third-order valence-electron chi connectivity index (χ3n) is 5.89. The maximum absolute atomic E-state index is 9.50. The molecule has 5 rings (SSSR count). The van der Waals surface area contributed by atoms with Gasteiger partial charge in [-0.3, -0.25) is 9.47 Å². The number of anilines is 2. The van der Waals surface area contributed by atoms with E-state index < -0.39 is 0 Å². The summed E-state index contributed by atoms with van der Waals surface area (Å²) in [7, 11) is 0. The summed E-state index contributed by atoms with van der Waals surface area (Å²) in [6.45, 7) is 5.81. The Balaban J connectivity index is 1.36. The summed E-state index contributed by atoms with van der Waals surface area (Å²) in [5.41, 5.74) is 3.61. The van der Waals surface area contributed by atoms with Gasteiger partial charge in [0.2, 0.25) is 5.95 Å². The molecule has 2 aromatic carbocycles. The number of aromatic hydroxyl groups is 1. The van der Waals surface area contributed by atoms with E-state index in [9.17, 15) is 5.11 Å². The molecule has 9 nitrogen and oxygen atoms in total. The molecule has 1 aliphatic heterocycles. The minimum atomic E-state index is 0.272. The smallest absolute Gasteiger partial charge is 0.226 e. The summed E-state index contributed by atoms with van der Waals surface area (Å²) >= 11 is 0. The standard InChI is InChI=1S/C25H29N7O2/c33-21-8-6-19(7-9-21)10-11-26-23-22-24(32(18-28-22)20-4-2-1-3-5-20)30-25(29-23)27-12-13-31-14-16-34-17-15-31/h1-9,18,33H,10-17H2,(H2,26,27,29,30). The van der Waals surface area contributed by atoms with Crippen LogP contribution < -0.4 is 10.6 Å². The van der Waals surface area contributed by atoms with E-state index in [1.165, 1.54) is 0 Å². The third-order valence-corrected chi connectivity index (χ3v) is 5.89. The number of fused-ring (bicyclic) bond motifs is 1. The van der Waals surface area contributed by atoms with Crippen molar-refractivity contribution in [2.45, 2.75) is 6.42 Å². The molecule has 0 aliphatic carbocycles. The van der Waals surface area contributed by atoms with E-state index in [0.717, 1.165) is 68.2 Å². The first-order valence-corrected chi connectivity index (χ1v) is 11.6. The van der Waals surface area contributed by atoms with Gasteiger partial charge >= 0.3 is 0 Å². The Hall–Kier alpha value is -3.69. The van der Waals surface area contributed by atoms with Gasteiger partial charge in [-0.15, -0.1) is 0 Å². The van der Waals surface area contributed by atoms with E-state index in [2.05, 4.69) is 20.5 Å². The second-order valence-corrected chi connectivity index (χ2v) is 8.24. The Kier molecular flexibility index (Phi) is 6.83. The van der Waals surface area contributed by atoms with Crippen molar-refractivity contribution >= 4 is 22.9 Å². The summed E-state index contributed by atoms with van der Waals surface area (Å²) in [5, 5.41) is 16.3. The average Bonchev–Trinajstić information content (AvgIpc) is 3.31. The number of aromatic nitrogens is 4. The van der Waals surface area contributed by atoms with Crippen molar-refractivity contribution in [3.8, 4) is 11.4 Å². The maximum Gasteiger partial charge on any atom is 0.226 e. The number of para-hydroxylation sites is 1. The Bertz CT molecular complexity index is 1210. The molecule has 2 aromatic heterocycles. The van der Waals surface area contributed by atoms with Crippen LogP contribution in [0.25, 0.3) is 16.9 Å². The minimum Gasteiger partial charge on any atom is -0.508 e. The van der Waals surface area contributed by atoms with Crippen molar-refractivity contribution in [2.75, 3.05) is 56.6 Å². The number of benzene rings is 2. The fraction of sp³-hybridized carbons (Fsp3) is 0.320. The number of phenolic OH excluding ortho intramolecular Hbond substituents is 1. The minimum absolute atomic E-state index is 0.272. The van der Waals surface area contributed by atoms with Gasteiger partial charge in [-0.05, 0) is 36.2 Å². The van der Waals surface area contributed by atoms with Gasteiger partial charge in [0, 0.05) is 38.4 Å². The molecule has 34 heavy (non-hydrogen) atoms. The van der Waals surface area contributed by atoms with E-state index >= 15 is 0 Å². The lowest BCUT2D eigenvalue weighted by Gasteiger charge is -2.26. The van der Waals surface area contributed by atoms with Gasteiger partial charge in [-0.2, -0.15) is 9.97 Å². The molecule has 1 saturated heterocycles. The summed E-state index contributed by atoms with van der Waals surface area (Å²) in [5.74, 6) is 1.55. The van der Waals surface area contributed by atoms with Crippen molar-refractivity contribution in [1.29, 1.82) is 0 Å². The first-order chi connectivity index (χ1) is 16.8. The van der Waals surface area contributed by atoms with Crippen molar-refractivity contribution < 1.29 is 9.84 Å². The van der Waals surface area contributed by atoms with E-state index in [1.54, 1.807) is 18.5 Å². The number of nitrogens with one attached hydrogen (secondary N) is 2. The molecule has 0 bridgehead atoms. The number of ether oxygens (including phenoxy) is 1. The van der Waals surface area contributed by atoms with Gasteiger partial charge in [-0.25, -0.2) is 4.98 Å². The summed E-state index contributed by atoms with van der Waals surface area (Å²) < 4.78 is 7.41. The van der Waals surface area contributed by atoms with E-state index in [1.807, 2.05) is 47.0 Å². The monoisotopic (exact) mass is 459 g/mol. The highest BCUT2D eigenvalue weighted by Gasteiger charge is 2.15. The molecule has 0 unspecified atom stereocenters. The molecular formula is C25H29N7O2. The van der Waals surface area contributed by atoms with Gasteiger partial charge in [0.15, 0.2) is 17.0 Å². The van der Waals surface area contributed by atoms with Crippen LogP contribution in [0.5, 0.6) is 5.75 Å². The van der Waals surface area contributed by atoms with E-state index in [0.29, 0.717) is 18.3 Å². The zero-order valence-corrected chi connectivity index (χ0v) is 19.0. The lowest BCUT2D eigenvalue weighted by Crippen LogP contribution is -2.39. The van der Waals surface area contributed by atoms with Crippen molar-refractivity contribution in [2.24, 2.45) is 0 Å². The average molecular weight is 460 g/mol. The highest BCUT2D eigenvalue weighted by atomic mass is 16.5. The van der Waals surface area contributed by atoms with Gasteiger partial charge in [0.05, 0.1) is 13.2 Å². The largest absolute Gasteiger partial charge is 0.508 e. The fourth-order valence-electron chi connectivity index (χ4n) is 4.02. The Morgan fingerprint density at radius 2 is 1.71 bits per heavy atom. The van der Waals surface area contributed by atoms with Crippen LogP contribution in [-0.4, -0.2) is 75.5 Å². The molecule has 0 saturated carbocycles. The zero-order valence-electron chi connectivity index (χ0n) is 19.0. The van der Waals surface area contributed by atoms with E-state index in [4.69, 9.17) is 14.7 Å². The second kappa shape index (κ2) is 10.5. The molecule has 0 radical (unpaired) electrons. The first kappa shape index (κ1) is 22.1. The van der Waals surface area contributed by atoms with Crippen LogP contribution in [0.15, 0.2) is 60.9 Å². The number of hydrogen-bond donors (Lipinski definition) is 3. The van der Waals surface area contributed by atoms with Crippen LogP contribution in [0, 0.1) is 0 Å². The lowest BCUT2D eigenvalue weighted by atomic mass is 10.1. The molecule has 176 valence electrons. The summed E-state index contributed by atoms with van der Waals surface area (Å²) in [4.78, 5) is 16.5. The maximum atomic E-state index is 9.50. The number of phenols is 1. The Morgan fingerprint density at radius 3 is 2.50 bits per heavy atom. The number of rotatable bonds is 9. The van der Waals surface area contributed by atoms with Gasteiger partial charge in [0.25, 0.3) is 0 Å². The van der Waals surface area contributed by atoms with Crippen molar-refractivity contribution in [3.63, 3.8) is 0 Å². The van der Waals surface area contributed by atoms with Crippen LogP contribution in [0.3, 0.4) is 0 Å². The highest BCUT2D eigenvalue weighted by Crippen LogP contribution is 2.23. The molecule has 3 N–H and O–H groups in total. The van der Waals surface area contributed by atoms with Crippen LogP contribution in [0.2, 0.25) is 0 Å². The topological polar surface area (TPSA) is 100 Å². The fourth-order valence-corrected chi connectivity index (χ4v) is 4.02. The number of imidazole rings is 1. The van der Waals surface area contributed by atoms with Crippen LogP contribution >= 0.6 is 0 Å². The first-order valence-electron chi connectivity index (χ1n) is 11.6. The van der Waals surface area contributed by atoms with Crippen LogP contribution in [0.1, 0.15) is 5.56 Å². The summed E-state index contributed by atoms with van der Waals surface area (Å²) in [6.07, 6.45) is 2.59. The number of morpholine rings is 1. The molecular weight excluding hydrogens is 430 g/mol. The molecule has 9 heteroatoms. The van der Waals surface area contributed by atoms with Crippen LogP contribution in [0.4, 0.5) is 11.8 Å². The zero-order chi connectivity index (χ0) is 23.2. The Labute approximate surface area is 198 Å². The molecule has 3 heterocycles. The normalized spacial score (nSPS) is 14.4.